The Hall–Kier alpha value is -4.34. The molecule has 4 aromatic rings. The topological polar surface area (TPSA) is 92.9 Å². The Labute approximate surface area is 241 Å². The van der Waals surface area contributed by atoms with Gasteiger partial charge >= 0.3 is 0 Å². The van der Waals surface area contributed by atoms with Crippen molar-refractivity contribution in [1.29, 1.82) is 0 Å². The second-order valence-electron chi connectivity index (χ2n) is 10.5. The summed E-state index contributed by atoms with van der Waals surface area (Å²) < 4.78 is 13.6. The molecule has 0 unspecified atom stereocenters. The monoisotopic (exact) mass is 554 g/mol. The van der Waals surface area contributed by atoms with E-state index in [1.165, 1.54) is 38.5 Å². The van der Waals surface area contributed by atoms with E-state index in [-0.39, 0.29) is 0 Å². The van der Waals surface area contributed by atoms with E-state index < -0.39 is 0 Å². The number of ether oxygens (including phenoxy) is 2. The van der Waals surface area contributed by atoms with Gasteiger partial charge in [0.2, 0.25) is 17.8 Å². The molecular weight excluding hydrogens is 516 g/mol. The molecular formula is C31H38N8O2. The van der Waals surface area contributed by atoms with Crippen LogP contribution in [0.5, 0.6) is 11.5 Å². The summed E-state index contributed by atoms with van der Waals surface area (Å²) >= 11 is 0. The predicted octanol–water partition coefficient (Wildman–Crippen LogP) is 5.34. The predicted molar refractivity (Wildman–Crippen MR) is 164 cm³/mol. The summed E-state index contributed by atoms with van der Waals surface area (Å²) in [7, 11) is 1.65. The molecule has 2 aromatic carbocycles. The summed E-state index contributed by atoms with van der Waals surface area (Å²) in [6, 6.07) is 16.0. The zero-order valence-corrected chi connectivity index (χ0v) is 23.7. The van der Waals surface area contributed by atoms with E-state index in [1.54, 1.807) is 7.11 Å². The van der Waals surface area contributed by atoms with E-state index in [4.69, 9.17) is 24.4 Å². The molecule has 4 heterocycles. The summed E-state index contributed by atoms with van der Waals surface area (Å²) in [5, 5.41) is 5.69. The van der Waals surface area contributed by atoms with Gasteiger partial charge in [0.05, 0.1) is 19.9 Å². The van der Waals surface area contributed by atoms with E-state index >= 15 is 0 Å². The molecule has 10 heteroatoms. The van der Waals surface area contributed by atoms with Crippen LogP contribution in [0, 0.1) is 0 Å². The fourth-order valence-electron chi connectivity index (χ4n) is 5.59. The first-order chi connectivity index (χ1) is 20.3. The van der Waals surface area contributed by atoms with Gasteiger partial charge in [-0.05, 0) is 56.7 Å². The first-order valence-corrected chi connectivity index (χ1v) is 14.7. The lowest BCUT2D eigenvalue weighted by Crippen LogP contribution is -2.34. The van der Waals surface area contributed by atoms with Gasteiger partial charge in [-0.15, -0.1) is 0 Å². The van der Waals surface area contributed by atoms with Gasteiger partial charge in [-0.3, -0.25) is 0 Å². The number of methoxy groups -OCH3 is 1. The molecule has 2 aliphatic heterocycles. The highest BCUT2D eigenvalue weighted by molar-refractivity contribution is 5.99. The first-order valence-electron chi connectivity index (χ1n) is 14.7. The fraction of sp³-hybridized carbons (Fsp3) is 0.419. The quantitative estimate of drug-likeness (QED) is 0.207. The summed E-state index contributed by atoms with van der Waals surface area (Å²) in [6.07, 6.45) is 11.1. The van der Waals surface area contributed by atoms with Crippen molar-refractivity contribution in [3.05, 3.63) is 60.3 Å². The van der Waals surface area contributed by atoms with Crippen molar-refractivity contribution in [2.24, 2.45) is 5.10 Å². The first kappa shape index (κ1) is 26.9. The third-order valence-corrected chi connectivity index (χ3v) is 7.74. The van der Waals surface area contributed by atoms with Crippen molar-refractivity contribution in [2.45, 2.75) is 45.1 Å². The van der Waals surface area contributed by atoms with Gasteiger partial charge in [-0.25, -0.2) is 5.43 Å². The van der Waals surface area contributed by atoms with Crippen molar-refractivity contribution in [3.8, 4) is 11.5 Å². The molecule has 0 bridgehead atoms. The highest BCUT2D eigenvalue weighted by Gasteiger charge is 2.20. The van der Waals surface area contributed by atoms with Crippen LogP contribution < -0.4 is 24.7 Å². The Morgan fingerprint density at radius 2 is 1.44 bits per heavy atom. The van der Waals surface area contributed by atoms with Gasteiger partial charge in [0.15, 0.2) is 11.5 Å². The zero-order chi connectivity index (χ0) is 27.9. The largest absolute Gasteiger partial charge is 0.493 e. The van der Waals surface area contributed by atoms with Crippen LogP contribution in [0.2, 0.25) is 0 Å². The van der Waals surface area contributed by atoms with E-state index in [0.717, 1.165) is 66.0 Å². The maximum absolute atomic E-state index is 6.03. The third kappa shape index (κ3) is 6.37. The molecule has 0 amide bonds. The van der Waals surface area contributed by atoms with Crippen LogP contribution in [-0.2, 0) is 6.54 Å². The van der Waals surface area contributed by atoms with Gasteiger partial charge in [0.1, 0.15) is 6.61 Å². The van der Waals surface area contributed by atoms with Crippen molar-refractivity contribution < 1.29 is 9.47 Å². The van der Waals surface area contributed by atoms with Crippen LogP contribution >= 0.6 is 0 Å². The maximum atomic E-state index is 6.03. The van der Waals surface area contributed by atoms with E-state index in [2.05, 4.69) is 43.2 Å². The summed E-state index contributed by atoms with van der Waals surface area (Å²) in [5.74, 6) is 3.43. The SMILES string of the molecule is COc1ccccc1OCCn1cc(/C=N/Nc2nc(N3CCCCC3)nc(N3CCCCC3)n2)c2ccccc21. The molecule has 41 heavy (non-hydrogen) atoms. The number of aromatic nitrogens is 4. The van der Waals surface area contributed by atoms with Crippen LogP contribution in [0.4, 0.5) is 17.8 Å². The van der Waals surface area contributed by atoms with Gasteiger partial charge in [0, 0.05) is 48.8 Å². The van der Waals surface area contributed by atoms with E-state index in [1.807, 2.05) is 42.6 Å². The molecule has 0 spiro atoms. The molecule has 0 atom stereocenters. The molecule has 2 aliphatic rings. The van der Waals surface area contributed by atoms with Crippen LogP contribution in [0.1, 0.15) is 44.1 Å². The molecule has 2 saturated heterocycles. The number of para-hydroxylation sites is 3. The molecule has 0 radical (unpaired) electrons. The third-order valence-electron chi connectivity index (χ3n) is 7.74. The minimum atomic E-state index is 0.478. The van der Waals surface area contributed by atoms with E-state index in [0.29, 0.717) is 19.1 Å². The molecule has 0 saturated carbocycles. The highest BCUT2D eigenvalue weighted by atomic mass is 16.5. The summed E-state index contributed by atoms with van der Waals surface area (Å²) in [4.78, 5) is 18.9. The van der Waals surface area contributed by atoms with Gasteiger partial charge in [0.25, 0.3) is 0 Å². The highest BCUT2D eigenvalue weighted by Crippen LogP contribution is 2.27. The number of hydrogen-bond donors (Lipinski definition) is 1. The molecule has 2 fully saturated rings. The molecule has 2 aromatic heterocycles. The Bertz CT molecular complexity index is 1440. The van der Waals surface area contributed by atoms with Crippen molar-refractivity contribution in [2.75, 3.05) is 55.1 Å². The number of benzene rings is 2. The number of fused-ring (bicyclic) bond motifs is 1. The second kappa shape index (κ2) is 12.9. The van der Waals surface area contributed by atoms with Gasteiger partial charge in [-0.1, -0.05) is 30.3 Å². The van der Waals surface area contributed by atoms with Crippen molar-refractivity contribution in [1.82, 2.24) is 19.5 Å². The maximum Gasteiger partial charge on any atom is 0.250 e. The number of hydrogen-bond acceptors (Lipinski definition) is 9. The number of nitrogens with zero attached hydrogens (tertiary/aromatic N) is 7. The van der Waals surface area contributed by atoms with Crippen LogP contribution in [0.3, 0.4) is 0 Å². The molecule has 6 rings (SSSR count). The van der Waals surface area contributed by atoms with Crippen molar-refractivity contribution >= 4 is 35.0 Å². The molecule has 1 N–H and O–H groups in total. The number of nitrogens with one attached hydrogen (secondary N) is 1. The standard InChI is InChI=1S/C31H38N8O2/c1-40-27-14-6-7-15-28(27)41-21-20-39-23-24(25-12-4-5-13-26(25)39)22-32-36-29-33-30(37-16-8-2-9-17-37)35-31(34-29)38-18-10-3-11-19-38/h4-7,12-15,22-23H,2-3,8-11,16-21H2,1H3,(H,33,34,35,36)/b32-22+. The van der Waals surface area contributed by atoms with Gasteiger partial charge < -0.3 is 23.8 Å². The van der Waals surface area contributed by atoms with Crippen LogP contribution in [0.25, 0.3) is 10.9 Å². The number of hydrazone groups is 1. The molecule has 214 valence electrons. The fourth-order valence-corrected chi connectivity index (χ4v) is 5.59. The Morgan fingerprint density at radius 3 is 2.12 bits per heavy atom. The lowest BCUT2D eigenvalue weighted by molar-refractivity contribution is 0.281. The average molecular weight is 555 g/mol. The number of piperidine rings is 2. The number of rotatable bonds is 10. The lowest BCUT2D eigenvalue weighted by Gasteiger charge is -2.30. The molecule has 10 nitrogen and oxygen atoms in total. The summed E-state index contributed by atoms with van der Waals surface area (Å²) in [5.41, 5.74) is 5.24. The summed E-state index contributed by atoms with van der Waals surface area (Å²) in [6.45, 7) is 5.11. The normalized spacial score (nSPS) is 15.9. The average Bonchev–Trinajstić information content (AvgIpc) is 3.39. The number of anilines is 3. The minimum absolute atomic E-state index is 0.478. The van der Waals surface area contributed by atoms with Crippen LogP contribution in [0.15, 0.2) is 59.8 Å². The Balaban J connectivity index is 1.19. The molecule has 0 aliphatic carbocycles. The minimum Gasteiger partial charge on any atom is -0.493 e. The Kier molecular flexibility index (Phi) is 8.44. The second-order valence-corrected chi connectivity index (χ2v) is 10.5. The van der Waals surface area contributed by atoms with Gasteiger partial charge in [-0.2, -0.15) is 20.1 Å². The van der Waals surface area contributed by atoms with E-state index in [9.17, 15) is 0 Å². The lowest BCUT2D eigenvalue weighted by atomic mass is 10.1. The smallest absolute Gasteiger partial charge is 0.250 e. The zero-order valence-electron chi connectivity index (χ0n) is 23.7. The van der Waals surface area contributed by atoms with Crippen LogP contribution in [-0.4, -0.2) is 65.6 Å². The van der Waals surface area contributed by atoms with Crippen molar-refractivity contribution in [3.63, 3.8) is 0 Å². The Morgan fingerprint density at radius 1 is 0.805 bits per heavy atom.